The summed E-state index contributed by atoms with van der Waals surface area (Å²) in [6, 6.07) is 29.2. The second-order valence-corrected chi connectivity index (χ2v) is 20.6. The Morgan fingerprint density at radius 2 is 0.573 bits per heavy atom. The van der Waals surface area contributed by atoms with E-state index in [-0.39, 0.29) is 132 Å². The van der Waals surface area contributed by atoms with Crippen LogP contribution in [0.3, 0.4) is 0 Å². The minimum Gasteiger partial charge on any atom is -1.00 e. The smallest absolute Gasteiger partial charge is 0.416 e. The third-order valence-electron chi connectivity index (χ3n) is 15.5. The Balaban J connectivity index is 0.00000705. The molecule has 2 aliphatic rings. The van der Waals surface area contributed by atoms with E-state index in [2.05, 4.69) is 0 Å². The number of quaternary nitrogens is 1. The highest BCUT2D eigenvalue weighted by atomic mass is 79.9. The molecule has 0 aromatic heterocycles. The maximum atomic E-state index is 14.9. The second kappa shape index (κ2) is 19.0. The van der Waals surface area contributed by atoms with Crippen LogP contribution in [0.5, 0.6) is 0 Å². The SMILES string of the molecule is FC(F)(F)c1cc(-c2cc3ccccc3c3c2C[N+]2(Cc4ccc5cc(C(F)(F)F)ccc5c4-c4c(ccc5cc(C(F)(F)F)ccc45)C2)Cc2c(-c4cc(C(F)(F)F)cc(C(F)(F)F)c4)cc4ccccc4c2-3)cc(C(F)(F)F)c1.[Br-]. The highest BCUT2D eigenvalue weighted by Crippen LogP contribution is 2.55. The zero-order valence-corrected chi connectivity index (χ0v) is 43.1. The highest BCUT2D eigenvalue weighted by molar-refractivity contribution is 6.12. The Labute approximate surface area is 463 Å². The Morgan fingerprint density at radius 3 is 0.902 bits per heavy atom. The first-order chi connectivity index (χ1) is 37.8. The lowest BCUT2D eigenvalue weighted by molar-refractivity contribution is -0.977. The number of rotatable bonds is 2. The topological polar surface area (TPSA) is 0 Å². The molecular weight excluding hydrogens is 1180 g/mol. The summed E-state index contributed by atoms with van der Waals surface area (Å²) in [4.78, 5) is 0. The molecular formula is C62H34BrF18N. The van der Waals surface area contributed by atoms with Gasteiger partial charge in [-0.2, -0.15) is 79.0 Å². The third kappa shape index (κ3) is 9.77. The van der Waals surface area contributed by atoms with Gasteiger partial charge in [-0.1, -0.05) is 84.9 Å². The van der Waals surface area contributed by atoms with E-state index in [1.54, 1.807) is 48.5 Å². The maximum Gasteiger partial charge on any atom is 0.416 e. The van der Waals surface area contributed by atoms with Gasteiger partial charge in [-0.3, -0.25) is 0 Å². The number of hydrogen-bond acceptors (Lipinski definition) is 0. The molecule has 0 saturated carbocycles. The fourth-order valence-corrected chi connectivity index (χ4v) is 12.1. The molecule has 82 heavy (non-hydrogen) atoms. The molecule has 0 bridgehead atoms. The maximum absolute atomic E-state index is 14.9. The van der Waals surface area contributed by atoms with Crippen LogP contribution in [0.1, 0.15) is 55.6 Å². The molecule has 0 amide bonds. The van der Waals surface area contributed by atoms with Crippen molar-refractivity contribution in [1.29, 1.82) is 0 Å². The van der Waals surface area contributed by atoms with Crippen LogP contribution in [0, 0.1) is 0 Å². The van der Waals surface area contributed by atoms with Crippen LogP contribution in [-0.4, -0.2) is 4.48 Å². The van der Waals surface area contributed by atoms with Gasteiger partial charge in [-0.05, 0) is 149 Å². The molecule has 20 heteroatoms. The predicted molar refractivity (Wildman–Crippen MR) is 270 cm³/mol. The number of halogens is 19. The van der Waals surface area contributed by atoms with Gasteiger partial charge in [0.1, 0.15) is 26.2 Å². The molecule has 2 aliphatic heterocycles. The van der Waals surface area contributed by atoms with E-state index in [4.69, 9.17) is 0 Å². The minimum atomic E-state index is -5.33. The Hall–Kier alpha value is -7.58. The van der Waals surface area contributed by atoms with Crippen LogP contribution < -0.4 is 17.0 Å². The molecule has 0 atom stereocenters. The average molecular weight is 1210 g/mol. The molecule has 0 radical (unpaired) electrons. The molecule has 0 fully saturated rings. The van der Waals surface area contributed by atoms with Gasteiger partial charge < -0.3 is 21.5 Å². The van der Waals surface area contributed by atoms with Gasteiger partial charge in [0, 0.05) is 33.4 Å². The average Bonchev–Trinajstić information content (AvgIpc) is 3.88. The summed E-state index contributed by atoms with van der Waals surface area (Å²) in [5, 5.41) is 1.74. The molecule has 10 aromatic carbocycles. The summed E-state index contributed by atoms with van der Waals surface area (Å²) >= 11 is 0. The lowest BCUT2D eigenvalue weighted by atomic mass is 9.81. The normalized spacial score (nSPS) is 14.8. The number of fused-ring (bicyclic) bond motifs is 14. The molecule has 10 aromatic rings. The van der Waals surface area contributed by atoms with Crippen molar-refractivity contribution in [2.75, 3.05) is 0 Å². The van der Waals surface area contributed by atoms with E-state index in [1.165, 1.54) is 48.5 Å². The summed E-state index contributed by atoms with van der Waals surface area (Å²) in [5.41, 5.74) is -8.36. The Bertz CT molecular complexity index is 3940. The zero-order chi connectivity index (χ0) is 57.7. The van der Waals surface area contributed by atoms with Crippen molar-refractivity contribution in [3.05, 3.63) is 213 Å². The first-order valence-corrected chi connectivity index (χ1v) is 24.7. The molecule has 12 rings (SSSR count). The Morgan fingerprint density at radius 1 is 0.268 bits per heavy atom. The van der Waals surface area contributed by atoms with Crippen molar-refractivity contribution in [2.45, 2.75) is 63.2 Å². The van der Waals surface area contributed by atoms with Crippen molar-refractivity contribution < 1.29 is 100 Å². The van der Waals surface area contributed by atoms with Gasteiger partial charge in [-0.15, -0.1) is 0 Å². The van der Waals surface area contributed by atoms with Crippen LogP contribution in [0.15, 0.2) is 158 Å². The first-order valence-electron chi connectivity index (χ1n) is 24.7. The van der Waals surface area contributed by atoms with Crippen LogP contribution in [0.25, 0.3) is 87.6 Å². The first kappa shape index (κ1) is 56.3. The standard InChI is InChI=1S/C62H34F18N.BrH/c63-57(64,65)39-13-15-47-33(17-39)9-11-35-27-81(28-36-12-10-34-18-40(58(66,67)68)14-16-48(34)54(36)53(35)47)29-51-49(37-19-41(59(69,70)71)25-42(20-37)60(72,73)74)23-31-5-1-3-7-45(31)55(51)56-46-8-4-2-6-32(46)24-50(52(56)30-81)38-21-43(61(75,76)77)26-44(22-38)62(78,79)80;/h1-26H,27-30H2;1H/q+1;/p-1. The number of hydrogen-bond donors (Lipinski definition) is 0. The molecule has 0 saturated heterocycles. The fraction of sp³-hybridized carbons (Fsp3) is 0.161. The summed E-state index contributed by atoms with van der Waals surface area (Å²) < 4.78 is 264. The summed E-state index contributed by atoms with van der Waals surface area (Å²) in [5.74, 6) is 0. The second-order valence-electron chi connectivity index (χ2n) is 20.6. The number of alkyl halides is 18. The van der Waals surface area contributed by atoms with Crippen LogP contribution in [0.2, 0.25) is 0 Å². The third-order valence-corrected chi connectivity index (χ3v) is 15.5. The van der Waals surface area contributed by atoms with Gasteiger partial charge in [0.2, 0.25) is 0 Å². The van der Waals surface area contributed by atoms with E-state index in [0.717, 1.165) is 24.3 Å². The van der Waals surface area contributed by atoms with Gasteiger partial charge in [0.05, 0.1) is 33.4 Å². The summed E-state index contributed by atoms with van der Waals surface area (Å²) in [7, 11) is 0. The van der Waals surface area contributed by atoms with Crippen molar-refractivity contribution >= 4 is 43.1 Å². The number of nitrogens with zero attached hydrogens (tertiary/aromatic N) is 1. The van der Waals surface area contributed by atoms with Gasteiger partial charge in [0.25, 0.3) is 0 Å². The molecule has 0 unspecified atom stereocenters. The van der Waals surface area contributed by atoms with Gasteiger partial charge in [0.15, 0.2) is 0 Å². The number of benzene rings is 10. The van der Waals surface area contributed by atoms with E-state index < -0.39 is 86.0 Å². The van der Waals surface area contributed by atoms with Crippen LogP contribution in [0.4, 0.5) is 79.0 Å². The van der Waals surface area contributed by atoms with Crippen molar-refractivity contribution in [3.63, 3.8) is 0 Å². The van der Waals surface area contributed by atoms with E-state index in [9.17, 15) is 79.0 Å². The Kier molecular flexibility index (Phi) is 13.0. The lowest BCUT2D eigenvalue weighted by Gasteiger charge is -2.39. The summed E-state index contributed by atoms with van der Waals surface area (Å²) in [6.07, 6.45) is -31.0. The molecule has 0 aliphatic carbocycles. The fourth-order valence-electron chi connectivity index (χ4n) is 12.1. The zero-order valence-electron chi connectivity index (χ0n) is 41.5. The van der Waals surface area contributed by atoms with Gasteiger partial charge in [-0.25, -0.2) is 0 Å². The monoisotopic (exact) mass is 1210 g/mol. The molecule has 1 nitrogen and oxygen atoms in total. The quantitative estimate of drug-likeness (QED) is 0.120. The molecule has 0 N–H and O–H groups in total. The van der Waals surface area contributed by atoms with Crippen LogP contribution >= 0.6 is 0 Å². The molecule has 1 spiro atoms. The minimum absolute atomic E-state index is 0. The van der Waals surface area contributed by atoms with E-state index >= 15 is 0 Å². The highest BCUT2D eigenvalue weighted by Gasteiger charge is 2.45. The van der Waals surface area contributed by atoms with E-state index in [1.807, 2.05) is 0 Å². The van der Waals surface area contributed by atoms with Crippen molar-refractivity contribution in [3.8, 4) is 44.5 Å². The van der Waals surface area contributed by atoms with Crippen LogP contribution in [-0.2, 0) is 63.2 Å². The largest absolute Gasteiger partial charge is 1.00 e. The van der Waals surface area contributed by atoms with Crippen molar-refractivity contribution in [2.24, 2.45) is 0 Å². The predicted octanol–water partition coefficient (Wildman–Crippen LogP) is 17.6. The lowest BCUT2D eigenvalue weighted by Crippen LogP contribution is -3.00. The molecule has 420 valence electrons. The van der Waals surface area contributed by atoms with Crippen molar-refractivity contribution in [1.82, 2.24) is 0 Å². The van der Waals surface area contributed by atoms with Gasteiger partial charge >= 0.3 is 37.1 Å². The summed E-state index contributed by atoms with van der Waals surface area (Å²) in [6.45, 7) is -1.21. The molecule has 2 heterocycles. The van der Waals surface area contributed by atoms with E-state index in [0.29, 0.717) is 46.2 Å².